The van der Waals surface area contributed by atoms with Crippen LogP contribution in [0.4, 0.5) is 0 Å². The maximum Gasteiger partial charge on any atom is 0.0843 e. The van der Waals surface area contributed by atoms with E-state index in [1.165, 1.54) is 10.6 Å². The van der Waals surface area contributed by atoms with Gasteiger partial charge in [-0.2, -0.15) is 5.10 Å². The number of nitrogens with one attached hydrogen (secondary N) is 1. The number of hydrogen-bond acceptors (Lipinski definition) is 3. The Balaban J connectivity index is 2.28. The topological polar surface area (TPSA) is 29.9 Å². The SMILES string of the molecule is CCCNC(Cc1c(Br)c(C)nn1C)c1cc(Br)c(Br)s1. The van der Waals surface area contributed by atoms with Crippen LogP contribution in [0.25, 0.3) is 0 Å². The van der Waals surface area contributed by atoms with E-state index in [0.29, 0.717) is 6.04 Å². The minimum atomic E-state index is 0.295. The number of rotatable bonds is 6. The van der Waals surface area contributed by atoms with Gasteiger partial charge in [-0.15, -0.1) is 11.3 Å². The van der Waals surface area contributed by atoms with E-state index in [0.717, 1.165) is 37.8 Å². The third-order valence-electron chi connectivity index (χ3n) is 3.31. The summed E-state index contributed by atoms with van der Waals surface area (Å²) in [6.45, 7) is 5.22. The summed E-state index contributed by atoms with van der Waals surface area (Å²) < 4.78 is 5.34. The van der Waals surface area contributed by atoms with Crippen molar-refractivity contribution in [1.82, 2.24) is 15.1 Å². The molecular formula is C14H18Br3N3S. The van der Waals surface area contributed by atoms with Gasteiger partial charge in [0.2, 0.25) is 0 Å². The van der Waals surface area contributed by atoms with Crippen molar-refractivity contribution in [1.29, 1.82) is 0 Å². The minimum absolute atomic E-state index is 0.295. The molecule has 0 saturated carbocycles. The number of aryl methyl sites for hydroxylation is 2. The first-order valence-electron chi connectivity index (χ1n) is 6.80. The van der Waals surface area contributed by atoms with Gasteiger partial charge < -0.3 is 5.32 Å². The summed E-state index contributed by atoms with van der Waals surface area (Å²) in [7, 11) is 2.00. The number of aromatic nitrogens is 2. The van der Waals surface area contributed by atoms with Gasteiger partial charge in [-0.3, -0.25) is 4.68 Å². The van der Waals surface area contributed by atoms with Crippen LogP contribution in [0.3, 0.4) is 0 Å². The van der Waals surface area contributed by atoms with Crippen LogP contribution in [0, 0.1) is 6.92 Å². The molecule has 7 heteroatoms. The van der Waals surface area contributed by atoms with E-state index in [9.17, 15) is 0 Å². The van der Waals surface area contributed by atoms with E-state index >= 15 is 0 Å². The van der Waals surface area contributed by atoms with E-state index in [-0.39, 0.29) is 0 Å². The normalized spacial score (nSPS) is 12.9. The van der Waals surface area contributed by atoms with Gasteiger partial charge in [0.1, 0.15) is 0 Å². The molecule has 0 bridgehead atoms. The Hall–Kier alpha value is 0.310. The van der Waals surface area contributed by atoms with E-state index < -0.39 is 0 Å². The van der Waals surface area contributed by atoms with Gasteiger partial charge in [0.25, 0.3) is 0 Å². The molecule has 0 aromatic carbocycles. The predicted molar refractivity (Wildman–Crippen MR) is 100 cm³/mol. The Bertz CT molecular complexity index is 602. The summed E-state index contributed by atoms with van der Waals surface area (Å²) >= 11 is 12.6. The lowest BCUT2D eigenvalue weighted by molar-refractivity contribution is 0.518. The molecule has 2 aromatic rings. The first-order chi connectivity index (χ1) is 9.93. The largest absolute Gasteiger partial charge is 0.309 e. The average molecular weight is 500 g/mol. The maximum absolute atomic E-state index is 4.49. The molecule has 0 aliphatic carbocycles. The first-order valence-corrected chi connectivity index (χ1v) is 9.99. The van der Waals surface area contributed by atoms with E-state index in [1.807, 2.05) is 18.7 Å². The fourth-order valence-electron chi connectivity index (χ4n) is 2.22. The zero-order chi connectivity index (χ0) is 15.6. The molecule has 0 saturated heterocycles. The molecule has 0 spiro atoms. The van der Waals surface area contributed by atoms with Gasteiger partial charge in [-0.25, -0.2) is 0 Å². The highest BCUT2D eigenvalue weighted by molar-refractivity contribution is 9.13. The van der Waals surface area contributed by atoms with Gasteiger partial charge in [-0.05, 0) is 73.7 Å². The molecule has 2 aromatic heterocycles. The second kappa shape index (κ2) is 7.73. The second-order valence-corrected chi connectivity index (χ2v) is 9.00. The van der Waals surface area contributed by atoms with E-state index in [1.54, 1.807) is 11.3 Å². The Morgan fingerprint density at radius 3 is 2.57 bits per heavy atom. The average Bonchev–Trinajstić information content (AvgIpc) is 2.88. The third kappa shape index (κ3) is 4.19. The van der Waals surface area contributed by atoms with Crippen molar-refractivity contribution in [2.24, 2.45) is 7.05 Å². The summed E-state index contributed by atoms with van der Waals surface area (Å²) in [6, 6.07) is 2.49. The monoisotopic (exact) mass is 497 g/mol. The van der Waals surface area contributed by atoms with E-state index in [4.69, 9.17) is 0 Å². The van der Waals surface area contributed by atoms with Crippen LogP contribution in [-0.2, 0) is 13.5 Å². The van der Waals surface area contributed by atoms with Gasteiger partial charge in [0.05, 0.1) is 19.6 Å². The molecular weight excluding hydrogens is 482 g/mol. The van der Waals surface area contributed by atoms with Crippen molar-refractivity contribution >= 4 is 59.1 Å². The molecule has 2 heterocycles. The Labute approximate surface area is 154 Å². The van der Waals surface area contributed by atoms with Crippen LogP contribution in [-0.4, -0.2) is 16.3 Å². The molecule has 1 N–H and O–H groups in total. The Kier molecular flexibility index (Phi) is 6.50. The zero-order valence-electron chi connectivity index (χ0n) is 12.2. The highest BCUT2D eigenvalue weighted by atomic mass is 79.9. The van der Waals surface area contributed by atoms with Crippen molar-refractivity contribution < 1.29 is 0 Å². The molecule has 116 valence electrons. The molecule has 1 atom stereocenters. The molecule has 0 radical (unpaired) electrons. The van der Waals surface area contributed by atoms with Crippen molar-refractivity contribution in [3.05, 3.63) is 35.1 Å². The molecule has 0 aliphatic rings. The summed E-state index contributed by atoms with van der Waals surface area (Å²) in [4.78, 5) is 1.33. The van der Waals surface area contributed by atoms with Crippen LogP contribution < -0.4 is 5.32 Å². The van der Waals surface area contributed by atoms with Gasteiger partial charge in [0, 0.05) is 28.9 Å². The van der Waals surface area contributed by atoms with Crippen LogP contribution in [0.5, 0.6) is 0 Å². The lowest BCUT2D eigenvalue weighted by Gasteiger charge is -2.17. The van der Waals surface area contributed by atoms with Crippen molar-refractivity contribution in [2.45, 2.75) is 32.7 Å². The third-order valence-corrected chi connectivity index (χ3v) is 7.71. The number of halogens is 3. The summed E-state index contributed by atoms with van der Waals surface area (Å²) in [6.07, 6.45) is 2.03. The van der Waals surface area contributed by atoms with Gasteiger partial charge in [0.15, 0.2) is 0 Å². The summed E-state index contributed by atoms with van der Waals surface area (Å²) in [5.74, 6) is 0. The molecule has 0 aliphatic heterocycles. The molecule has 21 heavy (non-hydrogen) atoms. The smallest absolute Gasteiger partial charge is 0.0843 e. The summed E-state index contributed by atoms with van der Waals surface area (Å²) in [5.41, 5.74) is 2.26. The zero-order valence-corrected chi connectivity index (χ0v) is 17.8. The standard InChI is InChI=1S/C14H18Br3N3S/c1-4-5-18-10(12-6-9(15)14(17)21-12)7-11-13(16)8(2)19-20(11)3/h6,10,18H,4-5,7H2,1-3H3. The van der Waals surface area contributed by atoms with E-state index in [2.05, 4.69) is 71.2 Å². The van der Waals surface area contributed by atoms with Crippen molar-refractivity contribution in [2.75, 3.05) is 6.54 Å². The van der Waals surface area contributed by atoms with Crippen LogP contribution in [0.1, 0.15) is 35.7 Å². The van der Waals surface area contributed by atoms with Crippen LogP contribution in [0.2, 0.25) is 0 Å². The molecule has 3 nitrogen and oxygen atoms in total. The second-order valence-electron chi connectivity index (χ2n) is 4.95. The predicted octanol–water partition coefficient (Wildman–Crippen LogP) is 5.36. The fraction of sp³-hybridized carbons (Fsp3) is 0.500. The minimum Gasteiger partial charge on any atom is -0.309 e. The quantitative estimate of drug-likeness (QED) is 0.579. The number of thiophene rings is 1. The molecule has 0 fully saturated rings. The van der Waals surface area contributed by atoms with Crippen molar-refractivity contribution in [3.8, 4) is 0 Å². The van der Waals surface area contributed by atoms with Crippen LogP contribution in [0.15, 0.2) is 18.8 Å². The lowest BCUT2D eigenvalue weighted by Crippen LogP contribution is -2.24. The maximum atomic E-state index is 4.49. The molecule has 0 amide bonds. The highest BCUT2D eigenvalue weighted by Gasteiger charge is 2.20. The fourth-order valence-corrected chi connectivity index (χ4v) is 4.89. The highest BCUT2D eigenvalue weighted by Crippen LogP contribution is 2.37. The van der Waals surface area contributed by atoms with Crippen molar-refractivity contribution in [3.63, 3.8) is 0 Å². The van der Waals surface area contributed by atoms with Gasteiger partial charge in [-0.1, -0.05) is 6.92 Å². The molecule has 1 unspecified atom stereocenters. The molecule has 2 rings (SSSR count). The Morgan fingerprint density at radius 2 is 2.10 bits per heavy atom. The summed E-state index contributed by atoms with van der Waals surface area (Å²) in [5, 5.41) is 8.13. The lowest BCUT2D eigenvalue weighted by atomic mass is 10.1. The first kappa shape index (κ1) is 17.7. The number of hydrogen-bond donors (Lipinski definition) is 1. The Morgan fingerprint density at radius 1 is 1.38 bits per heavy atom. The number of nitrogens with zero attached hydrogens (tertiary/aromatic N) is 2. The van der Waals surface area contributed by atoms with Crippen LogP contribution >= 0.6 is 59.1 Å². The van der Waals surface area contributed by atoms with Gasteiger partial charge >= 0.3 is 0 Å².